The Morgan fingerprint density at radius 3 is 2.62 bits per heavy atom. The monoisotopic (exact) mass is 380 g/mol. The predicted molar refractivity (Wildman–Crippen MR) is 92.8 cm³/mol. The Balaban J connectivity index is 1.70. The minimum absolute atomic E-state index is 0.0946. The van der Waals surface area contributed by atoms with E-state index in [4.69, 9.17) is 0 Å². The number of aromatic nitrogens is 4. The molecule has 0 unspecified atom stereocenters. The zero-order valence-electron chi connectivity index (χ0n) is 14.1. The summed E-state index contributed by atoms with van der Waals surface area (Å²) < 4.78 is 3.53. The zero-order valence-corrected chi connectivity index (χ0v) is 14.9. The summed E-state index contributed by atoms with van der Waals surface area (Å²) >= 11 is 0.930. The molecule has 0 bridgehead atoms. The highest BCUT2D eigenvalue weighted by atomic mass is 32.2. The molecule has 2 aromatic heterocycles. The van der Waals surface area contributed by atoms with Gasteiger partial charge in [0, 0.05) is 27.2 Å². The number of thioether (sulfide) groups is 1. The number of fused-ring (bicyclic) bond motifs is 1. The summed E-state index contributed by atoms with van der Waals surface area (Å²) in [7, 11) is 2.84. The second kappa shape index (κ2) is 6.78. The van der Waals surface area contributed by atoms with Gasteiger partial charge < -0.3 is 9.88 Å². The largest absolute Gasteiger partial charge is 0.353 e. The Bertz CT molecular complexity index is 1020. The van der Waals surface area contributed by atoms with Gasteiger partial charge in [-0.15, -0.1) is 0 Å². The minimum Gasteiger partial charge on any atom is -0.353 e. The molecule has 0 saturated carbocycles. The van der Waals surface area contributed by atoms with E-state index in [-0.39, 0.29) is 47.7 Å². The van der Waals surface area contributed by atoms with Crippen LogP contribution in [-0.4, -0.2) is 59.5 Å². The van der Waals surface area contributed by atoms with E-state index in [1.807, 2.05) is 0 Å². The summed E-state index contributed by atoms with van der Waals surface area (Å²) in [6, 6.07) is 0. The van der Waals surface area contributed by atoms with Gasteiger partial charge in [-0.25, -0.2) is 9.78 Å². The summed E-state index contributed by atoms with van der Waals surface area (Å²) in [5.41, 5.74) is -0.712. The lowest BCUT2D eigenvalue weighted by Crippen LogP contribution is -2.39. The van der Waals surface area contributed by atoms with Crippen molar-refractivity contribution in [3.8, 4) is 0 Å². The smallest absolute Gasteiger partial charge is 0.332 e. The van der Waals surface area contributed by atoms with Crippen molar-refractivity contribution in [2.45, 2.75) is 6.54 Å². The molecule has 3 rings (SSSR count). The highest BCUT2D eigenvalue weighted by Gasteiger charge is 2.29. The molecule has 0 spiro atoms. The van der Waals surface area contributed by atoms with E-state index in [1.54, 1.807) is 0 Å². The molecule has 0 aromatic carbocycles. The highest BCUT2D eigenvalue weighted by molar-refractivity contribution is 8.14. The summed E-state index contributed by atoms with van der Waals surface area (Å²) in [6.07, 6.45) is 1.31. The first-order valence-electron chi connectivity index (χ1n) is 7.66. The molecule has 0 atom stereocenters. The van der Waals surface area contributed by atoms with Gasteiger partial charge >= 0.3 is 5.69 Å². The molecule has 1 aliphatic rings. The second-order valence-electron chi connectivity index (χ2n) is 5.70. The van der Waals surface area contributed by atoms with Crippen LogP contribution in [-0.2, 0) is 30.2 Å². The first kappa shape index (κ1) is 17.9. The number of aryl methyl sites for hydroxylation is 1. The van der Waals surface area contributed by atoms with Gasteiger partial charge in [-0.1, -0.05) is 11.8 Å². The van der Waals surface area contributed by atoms with E-state index in [2.05, 4.69) is 10.3 Å². The third kappa shape index (κ3) is 3.03. The Morgan fingerprint density at radius 1 is 1.23 bits per heavy atom. The predicted octanol–water partition coefficient (Wildman–Crippen LogP) is -1.75. The average molecular weight is 380 g/mol. The number of amides is 3. The van der Waals surface area contributed by atoms with Gasteiger partial charge in [-0.2, -0.15) is 0 Å². The summed E-state index contributed by atoms with van der Waals surface area (Å²) in [4.78, 5) is 64.4. The molecule has 0 radical (unpaired) electrons. The van der Waals surface area contributed by atoms with Gasteiger partial charge in [0.25, 0.3) is 10.8 Å². The molecule has 3 amide bonds. The Labute approximate surface area is 150 Å². The van der Waals surface area contributed by atoms with Crippen LogP contribution in [0.25, 0.3) is 11.2 Å². The fourth-order valence-corrected chi connectivity index (χ4v) is 3.38. The Kier molecular flexibility index (Phi) is 4.68. The van der Waals surface area contributed by atoms with Crippen LogP contribution in [0.2, 0.25) is 0 Å². The summed E-state index contributed by atoms with van der Waals surface area (Å²) in [5, 5.41) is 2.27. The highest BCUT2D eigenvalue weighted by Crippen LogP contribution is 2.17. The van der Waals surface area contributed by atoms with Crippen molar-refractivity contribution < 1.29 is 14.4 Å². The number of carbonyl (C=O) groups excluding carboxylic acids is 3. The number of hydrogen-bond acceptors (Lipinski definition) is 7. The van der Waals surface area contributed by atoms with E-state index >= 15 is 0 Å². The molecule has 138 valence electrons. The Hall–Kier alpha value is -2.89. The summed E-state index contributed by atoms with van der Waals surface area (Å²) in [6.45, 7) is 0.0257. The van der Waals surface area contributed by atoms with Crippen molar-refractivity contribution in [3.63, 3.8) is 0 Å². The molecule has 1 aliphatic heterocycles. The molecule has 1 saturated heterocycles. The zero-order chi connectivity index (χ0) is 19.0. The number of nitrogens with one attached hydrogen (secondary N) is 1. The lowest BCUT2D eigenvalue weighted by atomic mass is 10.4. The molecule has 1 N–H and O–H groups in total. The summed E-state index contributed by atoms with van der Waals surface area (Å²) in [5.74, 6) is -0.568. The van der Waals surface area contributed by atoms with Crippen molar-refractivity contribution >= 4 is 40.0 Å². The maximum absolute atomic E-state index is 12.3. The maximum Gasteiger partial charge on any atom is 0.332 e. The van der Waals surface area contributed by atoms with Crippen LogP contribution in [0.5, 0.6) is 0 Å². The average Bonchev–Trinajstić information content (AvgIpc) is 3.16. The van der Waals surface area contributed by atoms with E-state index in [1.165, 1.54) is 29.6 Å². The minimum atomic E-state index is -0.543. The quantitative estimate of drug-likeness (QED) is 0.651. The van der Waals surface area contributed by atoms with E-state index in [0.717, 1.165) is 21.2 Å². The van der Waals surface area contributed by atoms with Crippen molar-refractivity contribution in [2.24, 2.45) is 14.1 Å². The van der Waals surface area contributed by atoms with Gasteiger partial charge in [-0.3, -0.25) is 33.2 Å². The van der Waals surface area contributed by atoms with Gasteiger partial charge in [0.05, 0.1) is 12.1 Å². The lowest BCUT2D eigenvalue weighted by Gasteiger charge is -2.13. The molecular weight excluding hydrogens is 364 g/mol. The lowest BCUT2D eigenvalue weighted by molar-refractivity contribution is -0.125. The SMILES string of the molecule is Cn1c(=O)c2c(ncn2CC(=O)NCCN2C(=O)CSC2=O)n(C)c1=O. The third-order valence-corrected chi connectivity index (χ3v) is 4.89. The Morgan fingerprint density at radius 2 is 1.96 bits per heavy atom. The number of imide groups is 1. The number of nitrogens with zero attached hydrogens (tertiary/aromatic N) is 5. The molecule has 26 heavy (non-hydrogen) atoms. The molecule has 0 aliphatic carbocycles. The molecule has 11 nitrogen and oxygen atoms in total. The van der Waals surface area contributed by atoms with Crippen molar-refractivity contribution in [1.29, 1.82) is 0 Å². The number of rotatable bonds is 5. The number of imidazole rings is 1. The van der Waals surface area contributed by atoms with Crippen LogP contribution in [0.15, 0.2) is 15.9 Å². The van der Waals surface area contributed by atoms with E-state index in [0.29, 0.717) is 0 Å². The molecule has 2 aromatic rings. The normalized spacial score (nSPS) is 14.5. The van der Waals surface area contributed by atoms with E-state index in [9.17, 15) is 24.0 Å². The third-order valence-electron chi connectivity index (χ3n) is 4.03. The molecular formula is C14H16N6O5S. The van der Waals surface area contributed by atoms with Crippen LogP contribution in [0.3, 0.4) is 0 Å². The van der Waals surface area contributed by atoms with Crippen LogP contribution in [0.1, 0.15) is 0 Å². The number of carbonyl (C=O) groups is 3. The van der Waals surface area contributed by atoms with Gasteiger partial charge in [0.1, 0.15) is 6.54 Å². The first-order valence-corrected chi connectivity index (χ1v) is 8.64. The van der Waals surface area contributed by atoms with Gasteiger partial charge in [0.2, 0.25) is 11.8 Å². The van der Waals surface area contributed by atoms with Crippen LogP contribution >= 0.6 is 11.8 Å². The maximum atomic E-state index is 12.3. The fourth-order valence-electron chi connectivity index (χ4n) is 2.63. The fraction of sp³-hybridized carbons (Fsp3) is 0.429. The van der Waals surface area contributed by atoms with Crippen LogP contribution in [0, 0.1) is 0 Å². The first-order chi connectivity index (χ1) is 12.3. The van der Waals surface area contributed by atoms with Crippen LogP contribution < -0.4 is 16.6 Å². The van der Waals surface area contributed by atoms with E-state index < -0.39 is 17.2 Å². The standard InChI is InChI=1S/C14H16N6O5S/c1-17-11-10(12(23)18(2)13(17)24)19(7-16-11)5-8(21)15-3-4-20-9(22)6-26-14(20)25/h7H,3-6H2,1-2H3,(H,15,21). The van der Waals surface area contributed by atoms with Crippen LogP contribution in [0.4, 0.5) is 4.79 Å². The van der Waals surface area contributed by atoms with Crippen molar-refractivity contribution in [2.75, 3.05) is 18.8 Å². The van der Waals surface area contributed by atoms with Crippen molar-refractivity contribution in [1.82, 2.24) is 28.9 Å². The number of hydrogen-bond donors (Lipinski definition) is 1. The van der Waals surface area contributed by atoms with Gasteiger partial charge in [-0.05, 0) is 0 Å². The molecule has 3 heterocycles. The topological polar surface area (TPSA) is 128 Å². The van der Waals surface area contributed by atoms with Gasteiger partial charge in [0.15, 0.2) is 11.2 Å². The molecule has 1 fully saturated rings. The second-order valence-corrected chi connectivity index (χ2v) is 6.63. The molecule has 12 heteroatoms. The van der Waals surface area contributed by atoms with Crippen molar-refractivity contribution in [3.05, 3.63) is 27.2 Å².